The van der Waals surface area contributed by atoms with E-state index in [9.17, 15) is 0 Å². The first kappa shape index (κ1) is 9.78. The van der Waals surface area contributed by atoms with Gasteiger partial charge in [-0.2, -0.15) is 0 Å². The van der Waals surface area contributed by atoms with Crippen molar-refractivity contribution in [2.75, 3.05) is 11.4 Å². The molecule has 74 valence electrons. The molecule has 0 aromatic heterocycles. The van der Waals surface area contributed by atoms with Crippen LogP contribution in [0.5, 0.6) is 0 Å². The fourth-order valence-electron chi connectivity index (χ4n) is 1.92. The third-order valence-corrected chi connectivity index (χ3v) is 3.42. The Morgan fingerprint density at radius 3 is 2.79 bits per heavy atom. The van der Waals surface area contributed by atoms with Crippen LogP contribution in [0.2, 0.25) is 0 Å². The van der Waals surface area contributed by atoms with Crippen LogP contribution in [0.25, 0.3) is 5.57 Å². The molecule has 2 heteroatoms. The Labute approximate surface area is 93.6 Å². The van der Waals surface area contributed by atoms with E-state index in [-0.39, 0.29) is 0 Å². The minimum Gasteiger partial charge on any atom is -0.355 e. The molecule has 1 unspecified atom stereocenters. The zero-order valence-electron chi connectivity index (χ0n) is 8.50. The number of alkyl halides is 1. The maximum absolute atomic E-state index is 3.67. The molecule has 14 heavy (non-hydrogen) atoms. The first-order valence-electron chi connectivity index (χ1n) is 4.92. The second-order valence-corrected chi connectivity index (χ2v) is 4.46. The van der Waals surface area contributed by atoms with Gasteiger partial charge in [0.2, 0.25) is 0 Å². The molecule has 0 bridgehead atoms. The molecular formula is C12H14BrN. The van der Waals surface area contributed by atoms with Gasteiger partial charge >= 0.3 is 0 Å². The van der Waals surface area contributed by atoms with Gasteiger partial charge in [-0.3, -0.25) is 0 Å². The quantitative estimate of drug-likeness (QED) is 0.544. The van der Waals surface area contributed by atoms with Gasteiger partial charge in [0.25, 0.3) is 0 Å². The lowest BCUT2D eigenvalue weighted by molar-refractivity contribution is 0.867. The molecule has 1 aromatic carbocycles. The van der Waals surface area contributed by atoms with Gasteiger partial charge < -0.3 is 4.90 Å². The van der Waals surface area contributed by atoms with Crippen molar-refractivity contribution in [3.05, 3.63) is 35.9 Å². The largest absolute Gasteiger partial charge is 0.355 e. The van der Waals surface area contributed by atoms with Gasteiger partial charge in [-0.1, -0.05) is 34.1 Å². The summed E-state index contributed by atoms with van der Waals surface area (Å²) in [6.07, 6.45) is 2.26. The molecule has 2 rings (SSSR count). The van der Waals surface area contributed by atoms with Crippen molar-refractivity contribution < 1.29 is 0 Å². The van der Waals surface area contributed by atoms with Gasteiger partial charge in [-0.15, -0.1) is 0 Å². The van der Waals surface area contributed by atoms with Crippen LogP contribution in [0.15, 0.2) is 30.3 Å². The summed E-state index contributed by atoms with van der Waals surface area (Å²) in [7, 11) is 0. The van der Waals surface area contributed by atoms with Crippen molar-refractivity contribution in [2.45, 2.75) is 18.8 Å². The topological polar surface area (TPSA) is 3.24 Å². The van der Waals surface area contributed by atoms with Crippen LogP contribution < -0.4 is 4.90 Å². The van der Waals surface area contributed by atoms with Gasteiger partial charge in [-0.25, -0.2) is 0 Å². The number of likely N-dealkylation sites (N-methyl/N-ethyl adjacent to an activating group) is 1. The highest BCUT2D eigenvalue weighted by molar-refractivity contribution is 9.09. The second-order valence-electron chi connectivity index (χ2n) is 3.53. The molecule has 0 fully saturated rings. The minimum atomic E-state index is 0.336. The van der Waals surface area contributed by atoms with Crippen LogP contribution in [-0.2, 0) is 0 Å². The number of hydrogen-bond donors (Lipinski definition) is 0. The van der Waals surface area contributed by atoms with Crippen molar-refractivity contribution in [1.82, 2.24) is 0 Å². The van der Waals surface area contributed by atoms with Gasteiger partial charge in [0.15, 0.2) is 0 Å². The number of hydrogen-bond acceptors (Lipinski definition) is 1. The van der Waals surface area contributed by atoms with E-state index < -0.39 is 0 Å². The number of benzene rings is 1. The summed E-state index contributed by atoms with van der Waals surface area (Å²) >= 11 is 3.67. The highest BCUT2D eigenvalue weighted by Crippen LogP contribution is 2.35. The maximum atomic E-state index is 3.67. The van der Waals surface area contributed by atoms with Crippen LogP contribution in [0.3, 0.4) is 0 Å². The molecule has 1 aliphatic rings. The van der Waals surface area contributed by atoms with E-state index >= 15 is 0 Å². The van der Waals surface area contributed by atoms with Crippen LogP contribution in [0, 0.1) is 0 Å². The predicted molar refractivity (Wildman–Crippen MR) is 65.8 cm³/mol. The summed E-state index contributed by atoms with van der Waals surface area (Å²) in [4.78, 5) is 2.69. The van der Waals surface area contributed by atoms with E-state index in [1.165, 1.54) is 16.8 Å². The number of fused-ring (bicyclic) bond motifs is 1. The zero-order valence-corrected chi connectivity index (χ0v) is 10.1. The minimum absolute atomic E-state index is 0.336. The van der Waals surface area contributed by atoms with Crippen molar-refractivity contribution in [3.8, 4) is 0 Å². The van der Waals surface area contributed by atoms with Gasteiger partial charge in [0.1, 0.15) is 4.95 Å². The average Bonchev–Trinajstić information content (AvgIpc) is 2.18. The Balaban J connectivity index is 2.54. The molecule has 0 radical (unpaired) electrons. The van der Waals surface area contributed by atoms with E-state index in [1.807, 2.05) is 0 Å². The summed E-state index contributed by atoms with van der Waals surface area (Å²) < 4.78 is 0. The van der Waals surface area contributed by atoms with Crippen LogP contribution >= 0.6 is 15.9 Å². The summed E-state index contributed by atoms with van der Waals surface area (Å²) in [5, 5.41) is 0. The van der Waals surface area contributed by atoms with Gasteiger partial charge in [-0.05, 0) is 31.6 Å². The molecular weight excluding hydrogens is 238 g/mol. The van der Waals surface area contributed by atoms with Crippen LogP contribution in [0.4, 0.5) is 5.69 Å². The number of anilines is 1. The Hall–Kier alpha value is -0.760. The molecule has 1 nitrogen and oxygen atoms in total. The first-order chi connectivity index (χ1) is 6.74. The van der Waals surface area contributed by atoms with E-state index in [4.69, 9.17) is 0 Å². The zero-order chi connectivity index (χ0) is 10.1. The van der Waals surface area contributed by atoms with E-state index in [1.54, 1.807) is 0 Å². The Morgan fingerprint density at radius 1 is 1.36 bits per heavy atom. The third kappa shape index (κ3) is 1.48. The van der Waals surface area contributed by atoms with Gasteiger partial charge in [0.05, 0.1) is 0 Å². The van der Waals surface area contributed by atoms with Crippen LogP contribution in [0.1, 0.15) is 19.4 Å². The van der Waals surface area contributed by atoms with Crippen molar-refractivity contribution in [2.24, 2.45) is 0 Å². The number of halogens is 1. The maximum Gasteiger partial charge on any atom is 0.104 e. The monoisotopic (exact) mass is 251 g/mol. The number of para-hydroxylation sites is 1. The lowest BCUT2D eigenvalue weighted by atomic mass is 10.0. The van der Waals surface area contributed by atoms with Crippen molar-refractivity contribution >= 4 is 27.2 Å². The Bertz CT molecular complexity index is 370. The van der Waals surface area contributed by atoms with Gasteiger partial charge in [0, 0.05) is 17.8 Å². The molecule has 0 saturated carbocycles. The molecule has 1 aromatic rings. The molecule has 0 saturated heterocycles. The number of allylic oxidation sites excluding steroid dienone is 1. The van der Waals surface area contributed by atoms with Crippen LogP contribution in [-0.4, -0.2) is 11.5 Å². The van der Waals surface area contributed by atoms with E-state index in [2.05, 4.69) is 65.0 Å². The SMILES string of the molecule is CCN1c2ccccc2C(C)=CC1Br. The lowest BCUT2D eigenvalue weighted by Crippen LogP contribution is -2.32. The highest BCUT2D eigenvalue weighted by Gasteiger charge is 2.20. The number of nitrogens with zero attached hydrogens (tertiary/aromatic N) is 1. The molecule has 1 atom stereocenters. The Morgan fingerprint density at radius 2 is 2.07 bits per heavy atom. The van der Waals surface area contributed by atoms with E-state index in [0.29, 0.717) is 4.95 Å². The fourth-order valence-corrected chi connectivity index (χ4v) is 2.83. The van der Waals surface area contributed by atoms with Crippen molar-refractivity contribution in [3.63, 3.8) is 0 Å². The fraction of sp³-hybridized carbons (Fsp3) is 0.333. The third-order valence-electron chi connectivity index (χ3n) is 2.66. The van der Waals surface area contributed by atoms with E-state index in [0.717, 1.165) is 6.54 Å². The first-order valence-corrected chi connectivity index (χ1v) is 5.84. The summed E-state index contributed by atoms with van der Waals surface area (Å²) in [5.74, 6) is 0. The predicted octanol–water partition coefficient (Wildman–Crippen LogP) is 3.65. The number of rotatable bonds is 1. The summed E-state index contributed by atoms with van der Waals surface area (Å²) in [6.45, 7) is 5.37. The molecule has 1 heterocycles. The van der Waals surface area contributed by atoms with Crippen molar-refractivity contribution in [1.29, 1.82) is 0 Å². The summed E-state index contributed by atoms with van der Waals surface area (Å²) in [5.41, 5.74) is 4.04. The molecule has 0 aliphatic carbocycles. The highest BCUT2D eigenvalue weighted by atomic mass is 79.9. The second kappa shape index (κ2) is 3.77. The molecule has 0 N–H and O–H groups in total. The summed E-state index contributed by atoms with van der Waals surface area (Å²) in [6, 6.07) is 8.56. The molecule has 0 spiro atoms. The lowest BCUT2D eigenvalue weighted by Gasteiger charge is -2.33. The Kier molecular flexibility index (Phi) is 2.64. The smallest absolute Gasteiger partial charge is 0.104 e. The molecule has 1 aliphatic heterocycles. The molecule has 0 amide bonds. The average molecular weight is 252 g/mol. The normalized spacial score (nSPS) is 20.4. The standard InChI is InChI=1S/C12H14BrN/c1-3-14-11-7-5-4-6-10(11)9(2)8-12(14)13/h4-8,12H,3H2,1-2H3.